The molecule has 3 aliphatic heterocycles. The monoisotopic (exact) mass is 696 g/mol. The first kappa shape index (κ1) is 31.9. The highest BCUT2D eigenvalue weighted by atomic mass is 15.2. The molecule has 7 aromatic rings. The molecule has 0 fully saturated rings. The van der Waals surface area contributed by atoms with E-state index in [2.05, 4.69) is 191 Å². The maximum Gasteiger partial charge on any atom is 0.333 e. The van der Waals surface area contributed by atoms with Gasteiger partial charge in [-0.3, -0.25) is 0 Å². The molecule has 0 spiro atoms. The van der Waals surface area contributed by atoms with Crippen LogP contribution >= 0.6 is 0 Å². The minimum absolute atomic E-state index is 0.00745. The molecule has 3 heteroatoms. The quantitative estimate of drug-likeness (QED) is 0.166. The molecule has 0 amide bonds. The van der Waals surface area contributed by atoms with Gasteiger partial charge in [0.05, 0.1) is 5.69 Å². The van der Waals surface area contributed by atoms with Crippen LogP contribution in [0.4, 0.5) is 28.4 Å². The van der Waals surface area contributed by atoms with Gasteiger partial charge in [0.25, 0.3) is 0 Å². The molecule has 0 aromatic heterocycles. The van der Waals surface area contributed by atoms with Gasteiger partial charge in [-0.25, -0.2) is 0 Å². The lowest BCUT2D eigenvalue weighted by atomic mass is 9.42. The maximum absolute atomic E-state index is 2.70. The Morgan fingerprint density at radius 3 is 1.87 bits per heavy atom. The van der Waals surface area contributed by atoms with E-state index in [1.54, 1.807) is 0 Å². The number of hydrogen-bond donors (Lipinski definition) is 0. The van der Waals surface area contributed by atoms with Crippen LogP contribution in [0.25, 0.3) is 33.0 Å². The first-order valence-corrected chi connectivity index (χ1v) is 19.8. The fraction of sp³-hybridized carbons (Fsp3) is 0.216. The van der Waals surface area contributed by atoms with Crippen molar-refractivity contribution in [1.29, 1.82) is 0 Å². The smallest absolute Gasteiger partial charge is 0.333 e. The SMILES string of the molecule is CC1(C)CCC(C)(C)c2cc3c(cc21)-c1cccc2c1B(c1cccc4c1N2c1cc2ccccc2cc1C4(C)C)N3c1ccc(-c2ccccc2)cc1. The Labute approximate surface area is 320 Å². The van der Waals surface area contributed by atoms with E-state index in [-0.39, 0.29) is 23.1 Å². The van der Waals surface area contributed by atoms with Crippen LogP contribution in [0.3, 0.4) is 0 Å². The molecular weight excluding hydrogens is 651 g/mol. The van der Waals surface area contributed by atoms with E-state index >= 15 is 0 Å². The van der Waals surface area contributed by atoms with Crippen molar-refractivity contribution in [3.8, 4) is 22.3 Å². The molecule has 3 heterocycles. The van der Waals surface area contributed by atoms with Crippen molar-refractivity contribution >= 4 is 57.0 Å². The predicted octanol–water partition coefficient (Wildman–Crippen LogP) is 12.2. The lowest BCUT2D eigenvalue weighted by Crippen LogP contribution is -2.62. The molecule has 54 heavy (non-hydrogen) atoms. The van der Waals surface area contributed by atoms with Gasteiger partial charge < -0.3 is 9.71 Å². The Balaban J connectivity index is 1.23. The summed E-state index contributed by atoms with van der Waals surface area (Å²) in [4.78, 5) is 5.32. The van der Waals surface area contributed by atoms with Gasteiger partial charge in [0.1, 0.15) is 0 Å². The molecule has 7 aromatic carbocycles. The van der Waals surface area contributed by atoms with Crippen molar-refractivity contribution in [3.63, 3.8) is 0 Å². The summed E-state index contributed by atoms with van der Waals surface area (Å²) in [5, 5.41) is 2.57. The fourth-order valence-corrected chi connectivity index (χ4v) is 10.5. The Hall–Kier alpha value is -5.54. The summed E-state index contributed by atoms with van der Waals surface area (Å²) in [5.74, 6) is 0. The number of benzene rings is 7. The highest BCUT2D eigenvalue weighted by Crippen LogP contribution is 2.57. The lowest BCUT2D eigenvalue weighted by molar-refractivity contribution is 0.332. The normalized spacial score (nSPS) is 17.6. The minimum atomic E-state index is -0.181. The zero-order chi connectivity index (χ0) is 36.7. The number of anilines is 5. The van der Waals surface area contributed by atoms with Crippen LogP contribution in [0.5, 0.6) is 0 Å². The minimum Gasteiger partial charge on any atom is -0.376 e. The van der Waals surface area contributed by atoms with Crippen molar-refractivity contribution in [1.82, 2.24) is 0 Å². The number of fused-ring (bicyclic) bond motifs is 8. The molecule has 0 N–H and O–H groups in total. The van der Waals surface area contributed by atoms with Crippen molar-refractivity contribution in [2.75, 3.05) is 9.71 Å². The molecule has 0 saturated carbocycles. The second kappa shape index (κ2) is 10.8. The summed E-state index contributed by atoms with van der Waals surface area (Å²) in [7, 11) is 0. The van der Waals surface area contributed by atoms with Gasteiger partial charge in [-0.1, -0.05) is 139 Å². The number of para-hydroxylation sites is 1. The summed E-state index contributed by atoms with van der Waals surface area (Å²) >= 11 is 0. The van der Waals surface area contributed by atoms with Gasteiger partial charge in [0.2, 0.25) is 0 Å². The van der Waals surface area contributed by atoms with Gasteiger partial charge in [-0.2, -0.15) is 0 Å². The zero-order valence-corrected chi connectivity index (χ0v) is 32.2. The first-order valence-electron chi connectivity index (χ1n) is 19.8. The van der Waals surface area contributed by atoms with Crippen molar-refractivity contribution in [2.45, 2.75) is 70.6 Å². The van der Waals surface area contributed by atoms with E-state index in [4.69, 9.17) is 0 Å². The van der Waals surface area contributed by atoms with Gasteiger partial charge in [0.15, 0.2) is 0 Å². The molecule has 1 aliphatic carbocycles. The van der Waals surface area contributed by atoms with E-state index in [1.807, 2.05) is 0 Å². The summed E-state index contributed by atoms with van der Waals surface area (Å²) < 4.78 is 0. The Kier molecular flexibility index (Phi) is 6.38. The lowest BCUT2D eigenvalue weighted by Gasteiger charge is -2.51. The third kappa shape index (κ3) is 4.24. The molecule has 0 saturated heterocycles. The molecule has 0 unspecified atom stereocenters. The van der Waals surface area contributed by atoms with Gasteiger partial charge in [-0.15, -0.1) is 0 Å². The van der Waals surface area contributed by atoms with Gasteiger partial charge in [-0.05, 0) is 127 Å². The van der Waals surface area contributed by atoms with E-state index in [0.717, 1.165) is 0 Å². The van der Waals surface area contributed by atoms with E-state index in [0.29, 0.717) is 0 Å². The molecule has 11 rings (SSSR count). The van der Waals surface area contributed by atoms with Crippen LogP contribution in [0.1, 0.15) is 76.6 Å². The van der Waals surface area contributed by atoms with Crippen LogP contribution in [0.15, 0.2) is 140 Å². The summed E-state index contributed by atoms with van der Waals surface area (Å²) in [6.07, 6.45) is 2.38. The second-order valence-electron chi connectivity index (χ2n) is 18.0. The van der Waals surface area contributed by atoms with Crippen molar-refractivity contribution < 1.29 is 0 Å². The summed E-state index contributed by atoms with van der Waals surface area (Å²) in [5.41, 5.74) is 20.2. The fourth-order valence-electron chi connectivity index (χ4n) is 10.5. The van der Waals surface area contributed by atoms with E-state index < -0.39 is 0 Å². The van der Waals surface area contributed by atoms with Gasteiger partial charge in [0, 0.05) is 33.7 Å². The van der Waals surface area contributed by atoms with Crippen LogP contribution in [0, 0.1) is 0 Å². The number of rotatable bonds is 2. The zero-order valence-electron chi connectivity index (χ0n) is 32.2. The molecule has 4 aliphatic rings. The number of nitrogens with zero attached hydrogens (tertiary/aromatic N) is 2. The Bertz CT molecular complexity index is 2700. The third-order valence-corrected chi connectivity index (χ3v) is 13.7. The van der Waals surface area contributed by atoms with Crippen molar-refractivity contribution in [2.24, 2.45) is 0 Å². The second-order valence-corrected chi connectivity index (χ2v) is 18.0. The summed E-state index contributed by atoms with van der Waals surface area (Å²) in [6, 6.07) is 53.3. The highest BCUT2D eigenvalue weighted by Gasteiger charge is 2.50. The highest BCUT2D eigenvalue weighted by molar-refractivity contribution is 6.93. The topological polar surface area (TPSA) is 6.48 Å². The maximum atomic E-state index is 2.70. The first-order chi connectivity index (χ1) is 26.0. The van der Waals surface area contributed by atoms with Crippen LogP contribution in [-0.2, 0) is 16.2 Å². The van der Waals surface area contributed by atoms with E-state index in [1.165, 1.54) is 107 Å². The molecular formula is C51H45BN2. The molecule has 0 radical (unpaired) electrons. The van der Waals surface area contributed by atoms with E-state index in [9.17, 15) is 0 Å². The van der Waals surface area contributed by atoms with Gasteiger partial charge >= 0.3 is 6.85 Å². The van der Waals surface area contributed by atoms with Crippen LogP contribution in [-0.4, -0.2) is 6.85 Å². The largest absolute Gasteiger partial charge is 0.376 e. The summed E-state index contributed by atoms with van der Waals surface area (Å²) in [6.45, 7) is 14.7. The molecule has 2 nitrogen and oxygen atoms in total. The molecule has 0 atom stereocenters. The van der Waals surface area contributed by atoms with Crippen LogP contribution < -0.4 is 20.6 Å². The standard InChI is InChI=1S/C51H45BN2/c1-49(2)26-27-50(3,4)41-31-45-38(30-40(41)49)37-18-12-21-44-47(37)52(54(45)36-24-22-33(23-25-36)32-14-8-7-9-15-32)43-20-13-19-39-48(43)53(44)46-29-35-17-11-10-16-34(35)28-42(46)51(39,5)6/h7-25,28-31H,26-27H2,1-6H3. The number of hydrogen-bond acceptors (Lipinski definition) is 2. The van der Waals surface area contributed by atoms with Crippen LogP contribution in [0.2, 0.25) is 0 Å². The average molecular weight is 697 g/mol. The average Bonchev–Trinajstić information content (AvgIpc) is 3.19. The molecule has 262 valence electrons. The molecule has 0 bridgehead atoms. The Morgan fingerprint density at radius 2 is 1.13 bits per heavy atom. The Morgan fingerprint density at radius 1 is 0.481 bits per heavy atom. The van der Waals surface area contributed by atoms with Crippen molar-refractivity contribution in [3.05, 3.63) is 162 Å². The third-order valence-electron chi connectivity index (χ3n) is 13.7. The predicted molar refractivity (Wildman–Crippen MR) is 231 cm³/mol.